The van der Waals surface area contributed by atoms with Gasteiger partial charge >= 0.3 is 0 Å². The Morgan fingerprint density at radius 1 is 1.42 bits per heavy atom. The van der Waals surface area contributed by atoms with Crippen LogP contribution in [0.1, 0.15) is 25.0 Å². The molecule has 0 heterocycles. The highest BCUT2D eigenvalue weighted by Crippen LogP contribution is 2.19. The van der Waals surface area contributed by atoms with Crippen LogP contribution >= 0.6 is 0 Å². The molecule has 1 aromatic carbocycles. The lowest BCUT2D eigenvalue weighted by Crippen LogP contribution is -2.58. The van der Waals surface area contributed by atoms with Gasteiger partial charge in [-0.05, 0) is 24.6 Å². The molecule has 5 nitrogen and oxygen atoms in total. The molecule has 0 bridgehead atoms. The maximum absolute atomic E-state index is 13.1. The Labute approximate surface area is 154 Å². The second kappa shape index (κ2) is 10.4. The monoisotopic (exact) mass is 359 g/mol. The molecule has 1 amide bonds. The van der Waals surface area contributed by atoms with E-state index in [4.69, 9.17) is 5.21 Å². The molecule has 0 fully saturated rings. The van der Waals surface area contributed by atoms with Gasteiger partial charge in [-0.25, -0.2) is 5.48 Å². The molecule has 0 saturated carbocycles. The average molecular weight is 359 g/mol. The Morgan fingerprint density at radius 3 is 2.58 bits per heavy atom. The number of carbonyl (C=O) groups excluding carboxylic acids is 1. The van der Waals surface area contributed by atoms with Crippen LogP contribution in [0.25, 0.3) is 0 Å². The van der Waals surface area contributed by atoms with Crippen LogP contribution in [0.5, 0.6) is 0 Å². The molecule has 6 heteroatoms. The van der Waals surface area contributed by atoms with Crippen LogP contribution in [0.4, 0.5) is 4.39 Å². The summed E-state index contributed by atoms with van der Waals surface area (Å²) in [5, 5.41) is 14.8. The van der Waals surface area contributed by atoms with Crippen molar-refractivity contribution in [1.29, 1.82) is 0 Å². The third-order valence-corrected chi connectivity index (χ3v) is 4.27. The van der Waals surface area contributed by atoms with Crippen molar-refractivity contribution >= 4 is 5.91 Å². The fourth-order valence-electron chi connectivity index (χ4n) is 2.19. The predicted molar refractivity (Wildman–Crippen MR) is 101 cm³/mol. The summed E-state index contributed by atoms with van der Waals surface area (Å²) >= 11 is 0. The van der Waals surface area contributed by atoms with Crippen LogP contribution in [0, 0.1) is 17.8 Å². The zero-order valence-corrected chi connectivity index (χ0v) is 15.4. The van der Waals surface area contributed by atoms with Gasteiger partial charge in [-0.1, -0.05) is 43.6 Å². The van der Waals surface area contributed by atoms with Crippen LogP contribution < -0.4 is 16.1 Å². The first kappa shape index (κ1) is 21.4. The van der Waals surface area contributed by atoms with E-state index in [-0.39, 0.29) is 0 Å². The summed E-state index contributed by atoms with van der Waals surface area (Å²) in [6.45, 7) is 6.53. The smallest absolute Gasteiger partial charge is 0.263 e. The van der Waals surface area contributed by atoms with Gasteiger partial charge in [-0.3, -0.25) is 19.7 Å². The molecule has 0 aliphatic carbocycles. The van der Waals surface area contributed by atoms with Gasteiger partial charge in [-0.15, -0.1) is 0 Å². The summed E-state index contributed by atoms with van der Waals surface area (Å²) in [4.78, 5) is 11.9. The van der Waals surface area contributed by atoms with E-state index in [1.807, 2.05) is 24.3 Å². The fraction of sp³-hybridized carbons (Fsp3) is 0.350. The van der Waals surface area contributed by atoms with Gasteiger partial charge < -0.3 is 5.32 Å². The second-order valence-corrected chi connectivity index (χ2v) is 6.09. The highest BCUT2D eigenvalue weighted by Gasteiger charge is 2.38. The molecule has 1 rings (SSSR count). The Bertz CT molecular complexity index is 704. The zero-order valence-electron chi connectivity index (χ0n) is 15.4. The molecule has 2 atom stereocenters. The zero-order chi connectivity index (χ0) is 19.6. The van der Waals surface area contributed by atoms with E-state index in [2.05, 4.69) is 29.1 Å². The van der Waals surface area contributed by atoms with E-state index >= 15 is 0 Å². The van der Waals surface area contributed by atoms with Crippen molar-refractivity contribution in [1.82, 2.24) is 16.1 Å². The number of benzene rings is 1. The first-order chi connectivity index (χ1) is 12.4. The molecule has 0 aliphatic rings. The standard InChI is InChI=1S/C20H26FN3O2/c1-5-16(13-22-4)6-7-17-8-10-18(11-9-17)14-23-20(3,15(2)12-21)19(25)24-26/h5,8-11,13,15,22-23,26H,1,12,14H2,2-4H3,(H,24,25)/b16-13+. The van der Waals surface area contributed by atoms with Crippen molar-refractivity contribution in [3.05, 3.63) is 59.8 Å². The van der Waals surface area contributed by atoms with E-state index in [0.29, 0.717) is 6.54 Å². The van der Waals surface area contributed by atoms with Crippen LogP contribution in [-0.4, -0.2) is 30.4 Å². The summed E-state index contributed by atoms with van der Waals surface area (Å²) in [6.07, 6.45) is 3.43. The van der Waals surface area contributed by atoms with Gasteiger partial charge in [0.25, 0.3) is 5.91 Å². The number of halogens is 1. The first-order valence-electron chi connectivity index (χ1n) is 8.27. The molecule has 2 unspecified atom stereocenters. The summed E-state index contributed by atoms with van der Waals surface area (Å²) < 4.78 is 13.1. The Kier molecular flexibility index (Phi) is 8.56. The number of nitrogens with one attached hydrogen (secondary N) is 3. The van der Waals surface area contributed by atoms with Crippen molar-refractivity contribution in [2.75, 3.05) is 13.7 Å². The molecule has 0 spiro atoms. The lowest BCUT2D eigenvalue weighted by Gasteiger charge is -2.33. The molecule has 0 aromatic heterocycles. The number of amides is 1. The Hall–Kier alpha value is -2.62. The molecule has 0 saturated heterocycles. The minimum atomic E-state index is -1.22. The molecule has 26 heavy (non-hydrogen) atoms. The maximum Gasteiger partial charge on any atom is 0.263 e. The molecule has 0 radical (unpaired) electrons. The summed E-state index contributed by atoms with van der Waals surface area (Å²) in [5.74, 6) is 4.77. The number of hydrogen-bond donors (Lipinski definition) is 4. The SMILES string of the molecule is C=C/C(C#Cc1ccc(CNC(C)(C(=O)NO)C(C)CF)cc1)=C\NC. The average Bonchev–Trinajstić information content (AvgIpc) is 2.68. The summed E-state index contributed by atoms with van der Waals surface area (Å²) in [5.41, 5.74) is 2.91. The minimum absolute atomic E-state index is 0.347. The number of hydrogen-bond acceptors (Lipinski definition) is 4. The topological polar surface area (TPSA) is 73.4 Å². The first-order valence-corrected chi connectivity index (χ1v) is 8.27. The number of rotatable bonds is 8. The number of allylic oxidation sites excluding steroid dienone is 2. The summed E-state index contributed by atoms with van der Waals surface area (Å²) in [7, 11) is 1.79. The molecule has 1 aromatic rings. The largest absolute Gasteiger partial charge is 0.393 e. The quantitative estimate of drug-likeness (QED) is 0.249. The number of alkyl halides is 1. The Balaban J connectivity index is 2.84. The second-order valence-electron chi connectivity index (χ2n) is 6.09. The van der Waals surface area contributed by atoms with Gasteiger partial charge in [-0.2, -0.15) is 0 Å². The van der Waals surface area contributed by atoms with Crippen molar-refractivity contribution < 1.29 is 14.4 Å². The van der Waals surface area contributed by atoms with Gasteiger partial charge in [0, 0.05) is 36.8 Å². The molecule has 140 valence electrons. The van der Waals surface area contributed by atoms with E-state index in [9.17, 15) is 9.18 Å². The normalized spacial score (nSPS) is 14.4. The van der Waals surface area contributed by atoms with Crippen molar-refractivity contribution in [3.8, 4) is 11.8 Å². The van der Waals surface area contributed by atoms with E-state index in [1.165, 1.54) is 0 Å². The van der Waals surface area contributed by atoms with Gasteiger partial charge in [0.2, 0.25) is 0 Å². The molecular formula is C20H26FN3O2. The van der Waals surface area contributed by atoms with Crippen molar-refractivity contribution in [2.24, 2.45) is 5.92 Å². The molecule has 4 N–H and O–H groups in total. The van der Waals surface area contributed by atoms with Gasteiger partial charge in [0.1, 0.15) is 5.54 Å². The third-order valence-electron chi connectivity index (χ3n) is 4.27. The molecule has 0 aliphatic heterocycles. The van der Waals surface area contributed by atoms with Gasteiger partial charge in [0.05, 0.1) is 6.67 Å². The third kappa shape index (κ3) is 5.73. The highest BCUT2D eigenvalue weighted by molar-refractivity contribution is 5.85. The summed E-state index contributed by atoms with van der Waals surface area (Å²) in [6, 6.07) is 7.49. The van der Waals surface area contributed by atoms with Crippen LogP contribution in [0.2, 0.25) is 0 Å². The molecular weight excluding hydrogens is 333 g/mol. The maximum atomic E-state index is 13.1. The lowest BCUT2D eigenvalue weighted by atomic mass is 9.86. The van der Waals surface area contributed by atoms with Crippen LogP contribution in [0.3, 0.4) is 0 Å². The number of hydroxylamine groups is 1. The number of carbonyl (C=O) groups is 1. The lowest BCUT2D eigenvalue weighted by molar-refractivity contribution is -0.138. The van der Waals surface area contributed by atoms with Crippen molar-refractivity contribution in [3.63, 3.8) is 0 Å². The van der Waals surface area contributed by atoms with E-state index in [0.717, 1.165) is 16.7 Å². The predicted octanol–water partition coefficient (Wildman–Crippen LogP) is 2.29. The highest BCUT2D eigenvalue weighted by atomic mass is 19.1. The van der Waals surface area contributed by atoms with E-state index < -0.39 is 24.0 Å². The van der Waals surface area contributed by atoms with Crippen molar-refractivity contribution in [2.45, 2.75) is 25.9 Å². The Morgan fingerprint density at radius 2 is 2.08 bits per heavy atom. The van der Waals surface area contributed by atoms with E-state index in [1.54, 1.807) is 38.7 Å². The van der Waals surface area contributed by atoms with Crippen LogP contribution in [0.15, 0.2) is 48.7 Å². The minimum Gasteiger partial charge on any atom is -0.393 e. The van der Waals surface area contributed by atoms with Gasteiger partial charge in [0.15, 0.2) is 0 Å². The van der Waals surface area contributed by atoms with Crippen LogP contribution in [-0.2, 0) is 11.3 Å². The fourth-order valence-corrected chi connectivity index (χ4v) is 2.19.